The standard InChI is InChI=1S/C5H5F3O2.3FH/c1-3(9)2-4(10)5(6,7)8;;;/h2H2,1H3;3*1H. The van der Waals surface area contributed by atoms with Gasteiger partial charge in [0.1, 0.15) is 5.78 Å². The molecule has 0 saturated carbocycles. The molecule has 0 aliphatic heterocycles. The predicted molar refractivity (Wildman–Crippen MR) is 33.9 cm³/mol. The molecule has 2 nitrogen and oxygen atoms in total. The summed E-state index contributed by atoms with van der Waals surface area (Å²) in [5.74, 6) is -2.76. The smallest absolute Gasteiger partial charge is 0.300 e. The molecule has 13 heavy (non-hydrogen) atoms. The number of rotatable bonds is 2. The summed E-state index contributed by atoms with van der Waals surface area (Å²) in [6.07, 6.45) is -5.92. The lowest BCUT2D eigenvalue weighted by Gasteiger charge is -2.00. The normalized spacial score (nSPS) is 8.62. The van der Waals surface area contributed by atoms with E-state index in [0.717, 1.165) is 6.92 Å². The zero-order valence-corrected chi connectivity index (χ0v) is 6.38. The van der Waals surface area contributed by atoms with Crippen molar-refractivity contribution in [2.75, 3.05) is 0 Å². The Morgan fingerprint density at radius 1 is 1.08 bits per heavy atom. The van der Waals surface area contributed by atoms with Crippen molar-refractivity contribution in [1.82, 2.24) is 0 Å². The lowest BCUT2D eigenvalue weighted by molar-refractivity contribution is -0.171. The lowest BCUT2D eigenvalue weighted by Crippen LogP contribution is -2.24. The van der Waals surface area contributed by atoms with Gasteiger partial charge in [0, 0.05) is 0 Å². The third-order valence-corrected chi connectivity index (χ3v) is 0.726. The van der Waals surface area contributed by atoms with Crippen LogP contribution in [0.25, 0.3) is 0 Å². The van der Waals surface area contributed by atoms with Crippen molar-refractivity contribution in [2.24, 2.45) is 0 Å². The summed E-state index contributed by atoms with van der Waals surface area (Å²) in [7, 11) is 0. The van der Waals surface area contributed by atoms with Gasteiger partial charge in [0.2, 0.25) is 5.78 Å². The van der Waals surface area contributed by atoms with Crippen LogP contribution in [0, 0.1) is 0 Å². The van der Waals surface area contributed by atoms with E-state index in [0.29, 0.717) is 0 Å². The molecule has 0 bridgehead atoms. The van der Waals surface area contributed by atoms with Crippen LogP contribution in [-0.2, 0) is 9.59 Å². The van der Waals surface area contributed by atoms with E-state index in [4.69, 9.17) is 0 Å². The quantitative estimate of drug-likeness (QED) is 0.516. The van der Waals surface area contributed by atoms with Gasteiger partial charge in [-0.2, -0.15) is 13.2 Å². The number of halogens is 6. The average molecular weight is 214 g/mol. The predicted octanol–water partition coefficient (Wildman–Crippen LogP) is 1.55. The summed E-state index contributed by atoms with van der Waals surface area (Å²) in [6, 6.07) is 0. The van der Waals surface area contributed by atoms with Crippen molar-refractivity contribution >= 4 is 11.6 Å². The second-order valence-corrected chi connectivity index (χ2v) is 1.80. The van der Waals surface area contributed by atoms with E-state index in [1.165, 1.54) is 0 Å². The van der Waals surface area contributed by atoms with Crippen LogP contribution in [0.4, 0.5) is 27.3 Å². The summed E-state index contributed by atoms with van der Waals surface area (Å²) in [5, 5.41) is 0. The number of hydrogen-bond donors (Lipinski definition) is 0. The number of hydrogen-bond acceptors (Lipinski definition) is 2. The first-order valence-electron chi connectivity index (χ1n) is 2.43. The highest BCUT2D eigenvalue weighted by atomic mass is 19.4. The first-order chi connectivity index (χ1) is 4.34. The van der Waals surface area contributed by atoms with Gasteiger partial charge in [-0.05, 0) is 6.92 Å². The molecule has 0 aromatic carbocycles. The molecule has 0 rings (SSSR count). The monoisotopic (exact) mass is 214 g/mol. The molecule has 0 unspecified atom stereocenters. The maximum absolute atomic E-state index is 11.3. The van der Waals surface area contributed by atoms with Crippen LogP contribution in [0.1, 0.15) is 13.3 Å². The molecule has 0 aromatic rings. The lowest BCUT2D eigenvalue weighted by atomic mass is 10.2. The molecule has 0 atom stereocenters. The van der Waals surface area contributed by atoms with Gasteiger partial charge in [0.05, 0.1) is 6.42 Å². The minimum absolute atomic E-state index is 0. The topological polar surface area (TPSA) is 34.1 Å². The number of alkyl halides is 3. The fourth-order valence-electron chi connectivity index (χ4n) is 0.326. The van der Waals surface area contributed by atoms with Crippen molar-refractivity contribution in [3.05, 3.63) is 0 Å². The van der Waals surface area contributed by atoms with Gasteiger partial charge in [-0.1, -0.05) is 0 Å². The average Bonchev–Trinajstić information content (AvgIpc) is 1.60. The number of ketones is 2. The van der Waals surface area contributed by atoms with Crippen molar-refractivity contribution in [1.29, 1.82) is 0 Å². The van der Waals surface area contributed by atoms with Gasteiger partial charge in [0.15, 0.2) is 0 Å². The van der Waals surface area contributed by atoms with Crippen LogP contribution in [0.2, 0.25) is 0 Å². The van der Waals surface area contributed by atoms with Crippen molar-refractivity contribution in [2.45, 2.75) is 19.5 Å². The Kier molecular flexibility index (Phi) is 13.2. The molecule has 0 N–H and O–H groups in total. The van der Waals surface area contributed by atoms with Crippen LogP contribution >= 0.6 is 0 Å². The van der Waals surface area contributed by atoms with E-state index in [1.807, 2.05) is 0 Å². The molecule has 82 valence electrons. The van der Waals surface area contributed by atoms with Crippen molar-refractivity contribution < 1.29 is 36.9 Å². The second kappa shape index (κ2) is 7.56. The Morgan fingerprint density at radius 3 is 1.46 bits per heavy atom. The van der Waals surface area contributed by atoms with E-state index in [-0.39, 0.29) is 14.1 Å². The van der Waals surface area contributed by atoms with E-state index in [1.54, 1.807) is 0 Å². The Balaban J connectivity index is -0.000000135. The fraction of sp³-hybridized carbons (Fsp3) is 0.600. The fourth-order valence-corrected chi connectivity index (χ4v) is 0.326. The minimum atomic E-state index is -4.87. The zero-order chi connectivity index (χ0) is 8.36. The SMILES string of the molecule is CC(=O)CC(=O)C(F)(F)F.F.F.F. The Bertz CT molecular complexity index is 163. The van der Waals surface area contributed by atoms with Gasteiger partial charge >= 0.3 is 6.18 Å². The van der Waals surface area contributed by atoms with Crippen LogP contribution in [0.5, 0.6) is 0 Å². The van der Waals surface area contributed by atoms with Gasteiger partial charge in [0.25, 0.3) is 0 Å². The molecule has 0 saturated heterocycles. The van der Waals surface area contributed by atoms with Crippen molar-refractivity contribution in [3.63, 3.8) is 0 Å². The third-order valence-electron chi connectivity index (χ3n) is 0.726. The highest BCUT2D eigenvalue weighted by molar-refractivity contribution is 6.00. The summed E-state index contributed by atoms with van der Waals surface area (Å²) >= 11 is 0. The molecular formula is C5H8F6O2. The van der Waals surface area contributed by atoms with Gasteiger partial charge in [-0.25, -0.2) is 0 Å². The zero-order valence-electron chi connectivity index (χ0n) is 6.38. The number of Topliss-reactive ketones (excluding diaryl/α,β-unsaturated/α-hetero) is 2. The van der Waals surface area contributed by atoms with Crippen LogP contribution in [0.15, 0.2) is 0 Å². The molecule has 0 spiro atoms. The summed E-state index contributed by atoms with van der Waals surface area (Å²) < 4.78 is 33.9. The van der Waals surface area contributed by atoms with Crippen LogP contribution in [-0.4, -0.2) is 17.7 Å². The maximum Gasteiger partial charge on any atom is 0.450 e. The molecule has 0 heterocycles. The first-order valence-corrected chi connectivity index (χ1v) is 2.43. The number of carbonyl (C=O) groups excluding carboxylic acids is 2. The van der Waals surface area contributed by atoms with E-state index < -0.39 is 24.2 Å². The highest BCUT2D eigenvalue weighted by Crippen LogP contribution is 2.17. The van der Waals surface area contributed by atoms with Crippen LogP contribution < -0.4 is 0 Å². The first kappa shape index (κ1) is 22.7. The largest absolute Gasteiger partial charge is 0.450 e. The van der Waals surface area contributed by atoms with Gasteiger partial charge in [-0.15, -0.1) is 0 Å². The summed E-state index contributed by atoms with van der Waals surface area (Å²) in [5.41, 5.74) is 0. The van der Waals surface area contributed by atoms with E-state index in [2.05, 4.69) is 0 Å². The second-order valence-electron chi connectivity index (χ2n) is 1.80. The Hall–Kier alpha value is -1.08. The summed E-state index contributed by atoms with van der Waals surface area (Å²) in [4.78, 5) is 19.9. The number of carbonyl (C=O) groups is 2. The maximum atomic E-state index is 11.3. The van der Waals surface area contributed by atoms with E-state index in [9.17, 15) is 22.8 Å². The van der Waals surface area contributed by atoms with Crippen LogP contribution in [0.3, 0.4) is 0 Å². The molecule has 0 aliphatic carbocycles. The Morgan fingerprint density at radius 2 is 1.38 bits per heavy atom. The molecule has 0 fully saturated rings. The molecule has 0 radical (unpaired) electrons. The van der Waals surface area contributed by atoms with E-state index >= 15 is 0 Å². The molecule has 0 aliphatic rings. The molecule has 8 heteroatoms. The summed E-state index contributed by atoms with van der Waals surface area (Å²) in [6.45, 7) is 0.934. The Labute approximate surface area is 69.2 Å². The third kappa shape index (κ3) is 10.9. The van der Waals surface area contributed by atoms with Gasteiger partial charge < -0.3 is 0 Å². The molecule has 0 aromatic heterocycles. The van der Waals surface area contributed by atoms with Crippen molar-refractivity contribution in [3.8, 4) is 0 Å². The minimum Gasteiger partial charge on any atom is -0.300 e. The molecule has 0 amide bonds. The van der Waals surface area contributed by atoms with Gasteiger partial charge in [-0.3, -0.25) is 23.7 Å². The highest BCUT2D eigenvalue weighted by Gasteiger charge is 2.38. The molecular weight excluding hydrogens is 206 g/mol.